The number of amides is 1. The lowest BCUT2D eigenvalue weighted by Crippen LogP contribution is -2.30. The summed E-state index contributed by atoms with van der Waals surface area (Å²) in [6, 6.07) is 2.25. The topological polar surface area (TPSA) is 59.0 Å². The number of carbonyl (C=O) groups excluding carboxylic acids is 1. The molecule has 1 aromatic heterocycles. The van der Waals surface area contributed by atoms with E-state index in [1.807, 2.05) is 10.7 Å². The molecule has 0 radical (unpaired) electrons. The van der Waals surface area contributed by atoms with Crippen LogP contribution in [0.2, 0.25) is 0 Å². The average Bonchev–Trinajstić information content (AvgIpc) is 3.28. The third kappa shape index (κ3) is 3.35. The number of hydrogen-bond donors (Lipinski definition) is 2. The molecule has 104 valence electrons. The van der Waals surface area contributed by atoms with E-state index in [0.717, 1.165) is 24.2 Å². The number of nitrogens with one attached hydrogen (secondary N) is 2. The first-order valence-electron chi connectivity index (χ1n) is 7.28. The molecule has 0 aromatic carbocycles. The van der Waals surface area contributed by atoms with Gasteiger partial charge in [-0.1, -0.05) is 0 Å². The maximum Gasteiger partial charge on any atom is 0.239 e. The molecule has 2 aliphatic rings. The fourth-order valence-corrected chi connectivity index (χ4v) is 2.41. The molecule has 0 saturated heterocycles. The van der Waals surface area contributed by atoms with E-state index in [4.69, 9.17) is 0 Å². The van der Waals surface area contributed by atoms with Gasteiger partial charge < -0.3 is 10.6 Å². The highest BCUT2D eigenvalue weighted by molar-refractivity contribution is 5.91. The summed E-state index contributed by atoms with van der Waals surface area (Å²) < 4.78 is 1.94. The molecular formula is C14H22N4O. The monoisotopic (exact) mass is 262 g/mol. The second-order valence-electron chi connectivity index (χ2n) is 5.86. The van der Waals surface area contributed by atoms with E-state index in [0.29, 0.717) is 12.6 Å². The Morgan fingerprint density at radius 1 is 1.47 bits per heavy atom. The molecule has 1 heterocycles. The van der Waals surface area contributed by atoms with Gasteiger partial charge >= 0.3 is 0 Å². The molecular weight excluding hydrogens is 240 g/mol. The average molecular weight is 262 g/mol. The summed E-state index contributed by atoms with van der Waals surface area (Å²) in [5.74, 6) is 2.36. The van der Waals surface area contributed by atoms with Crippen LogP contribution in [0.1, 0.15) is 38.6 Å². The lowest BCUT2D eigenvalue weighted by atomic mass is 10.2. The van der Waals surface area contributed by atoms with Crippen LogP contribution < -0.4 is 10.6 Å². The van der Waals surface area contributed by atoms with Gasteiger partial charge in [-0.25, -0.2) is 4.68 Å². The van der Waals surface area contributed by atoms with E-state index >= 15 is 0 Å². The standard InChI is InChI=1S/C14H22N4O/c1-10(12-4-5-12)18-13(6-7-16-18)17-14(19)9-15-8-11-2-3-11/h6-7,10-12,15H,2-5,8-9H2,1H3,(H,17,19). The van der Waals surface area contributed by atoms with E-state index in [-0.39, 0.29) is 5.91 Å². The van der Waals surface area contributed by atoms with Crippen LogP contribution in [0.3, 0.4) is 0 Å². The fourth-order valence-electron chi connectivity index (χ4n) is 2.41. The predicted molar refractivity (Wildman–Crippen MR) is 73.9 cm³/mol. The van der Waals surface area contributed by atoms with E-state index in [2.05, 4.69) is 22.7 Å². The molecule has 2 saturated carbocycles. The highest BCUT2D eigenvalue weighted by Gasteiger charge is 2.30. The van der Waals surface area contributed by atoms with Crippen LogP contribution in [0, 0.1) is 11.8 Å². The third-order valence-corrected chi connectivity index (χ3v) is 4.04. The smallest absolute Gasteiger partial charge is 0.239 e. The maximum absolute atomic E-state index is 11.9. The Kier molecular flexibility index (Phi) is 3.55. The normalized spacial score (nSPS) is 20.3. The van der Waals surface area contributed by atoms with Gasteiger partial charge in [0.1, 0.15) is 5.82 Å². The predicted octanol–water partition coefficient (Wildman–Crippen LogP) is 1.79. The highest BCUT2D eigenvalue weighted by Crippen LogP contribution is 2.40. The first-order chi connectivity index (χ1) is 9.24. The summed E-state index contributed by atoms with van der Waals surface area (Å²) in [6.45, 7) is 3.52. The van der Waals surface area contributed by atoms with E-state index in [1.54, 1.807) is 6.20 Å². The van der Waals surface area contributed by atoms with Gasteiger partial charge in [0.15, 0.2) is 0 Å². The van der Waals surface area contributed by atoms with Crippen molar-refractivity contribution in [1.82, 2.24) is 15.1 Å². The number of carbonyl (C=O) groups is 1. The van der Waals surface area contributed by atoms with Crippen LogP contribution in [0.15, 0.2) is 12.3 Å². The van der Waals surface area contributed by atoms with Crippen molar-refractivity contribution in [3.05, 3.63) is 12.3 Å². The van der Waals surface area contributed by atoms with Crippen molar-refractivity contribution in [2.75, 3.05) is 18.4 Å². The fraction of sp³-hybridized carbons (Fsp3) is 0.714. The van der Waals surface area contributed by atoms with Crippen molar-refractivity contribution in [2.24, 2.45) is 11.8 Å². The van der Waals surface area contributed by atoms with Gasteiger partial charge in [0.05, 0.1) is 18.8 Å². The summed E-state index contributed by atoms with van der Waals surface area (Å²) in [4.78, 5) is 11.9. The van der Waals surface area contributed by atoms with Gasteiger partial charge in [-0.2, -0.15) is 5.10 Å². The molecule has 5 nitrogen and oxygen atoms in total. The lowest BCUT2D eigenvalue weighted by Gasteiger charge is -2.15. The molecule has 1 amide bonds. The van der Waals surface area contributed by atoms with Gasteiger partial charge in [-0.05, 0) is 51.0 Å². The first kappa shape index (κ1) is 12.7. The molecule has 2 aliphatic carbocycles. The first-order valence-corrected chi connectivity index (χ1v) is 7.28. The SMILES string of the molecule is CC(C1CC1)n1nccc1NC(=O)CNCC1CC1. The molecule has 5 heteroatoms. The van der Waals surface area contributed by atoms with Crippen LogP contribution in [-0.2, 0) is 4.79 Å². The van der Waals surface area contributed by atoms with Crippen molar-refractivity contribution in [3.63, 3.8) is 0 Å². The number of nitrogens with zero attached hydrogens (tertiary/aromatic N) is 2. The van der Waals surface area contributed by atoms with Gasteiger partial charge in [0.2, 0.25) is 5.91 Å². The van der Waals surface area contributed by atoms with Crippen molar-refractivity contribution in [1.29, 1.82) is 0 Å². The Balaban J connectivity index is 1.50. The summed E-state index contributed by atoms with van der Waals surface area (Å²) >= 11 is 0. The van der Waals surface area contributed by atoms with Crippen LogP contribution in [0.25, 0.3) is 0 Å². The van der Waals surface area contributed by atoms with Gasteiger partial charge in [-0.3, -0.25) is 4.79 Å². The summed E-state index contributed by atoms with van der Waals surface area (Å²) in [6.07, 6.45) is 6.92. The molecule has 3 rings (SSSR count). The van der Waals surface area contributed by atoms with Crippen molar-refractivity contribution in [3.8, 4) is 0 Å². The van der Waals surface area contributed by atoms with Gasteiger partial charge in [-0.15, -0.1) is 0 Å². The minimum atomic E-state index is 0.0189. The van der Waals surface area contributed by atoms with Crippen molar-refractivity contribution >= 4 is 11.7 Å². The largest absolute Gasteiger partial charge is 0.310 e. The molecule has 2 N–H and O–H groups in total. The second kappa shape index (κ2) is 5.33. The zero-order chi connectivity index (χ0) is 13.2. The minimum Gasteiger partial charge on any atom is -0.310 e. The molecule has 2 fully saturated rings. The Morgan fingerprint density at radius 3 is 2.95 bits per heavy atom. The quantitative estimate of drug-likeness (QED) is 0.787. The Morgan fingerprint density at radius 2 is 2.26 bits per heavy atom. The summed E-state index contributed by atoms with van der Waals surface area (Å²) in [7, 11) is 0. The van der Waals surface area contributed by atoms with Gasteiger partial charge in [0, 0.05) is 6.07 Å². The molecule has 0 bridgehead atoms. The second-order valence-corrected chi connectivity index (χ2v) is 5.86. The van der Waals surface area contributed by atoms with Crippen LogP contribution in [0.5, 0.6) is 0 Å². The Bertz CT molecular complexity index is 448. The lowest BCUT2D eigenvalue weighted by molar-refractivity contribution is -0.115. The van der Waals surface area contributed by atoms with Gasteiger partial charge in [0.25, 0.3) is 0 Å². The minimum absolute atomic E-state index is 0.0189. The van der Waals surface area contributed by atoms with E-state index < -0.39 is 0 Å². The molecule has 0 aliphatic heterocycles. The highest BCUT2D eigenvalue weighted by atomic mass is 16.2. The number of anilines is 1. The molecule has 0 spiro atoms. The van der Waals surface area contributed by atoms with Crippen molar-refractivity contribution in [2.45, 2.75) is 38.6 Å². The summed E-state index contributed by atoms with van der Waals surface area (Å²) in [5, 5.41) is 10.5. The maximum atomic E-state index is 11.9. The molecule has 1 atom stereocenters. The van der Waals surface area contributed by atoms with Crippen LogP contribution >= 0.6 is 0 Å². The zero-order valence-corrected chi connectivity index (χ0v) is 11.4. The van der Waals surface area contributed by atoms with E-state index in [9.17, 15) is 4.79 Å². The van der Waals surface area contributed by atoms with Crippen molar-refractivity contribution < 1.29 is 4.79 Å². The summed E-state index contributed by atoms with van der Waals surface area (Å²) in [5.41, 5.74) is 0. The number of rotatable bonds is 7. The Hall–Kier alpha value is -1.36. The third-order valence-electron chi connectivity index (χ3n) is 4.04. The number of aromatic nitrogens is 2. The van der Waals surface area contributed by atoms with Crippen LogP contribution in [-0.4, -0.2) is 28.8 Å². The van der Waals surface area contributed by atoms with E-state index in [1.165, 1.54) is 25.7 Å². The molecule has 19 heavy (non-hydrogen) atoms. The zero-order valence-electron chi connectivity index (χ0n) is 11.4. The number of hydrogen-bond acceptors (Lipinski definition) is 3. The Labute approximate surface area is 113 Å². The molecule has 1 unspecified atom stereocenters. The molecule has 1 aromatic rings. The van der Waals surface area contributed by atoms with Crippen LogP contribution in [0.4, 0.5) is 5.82 Å².